The van der Waals surface area contributed by atoms with Crippen molar-refractivity contribution in [3.8, 4) is 29.0 Å². The quantitative estimate of drug-likeness (QED) is 0.733. The number of ether oxygens (including phenoxy) is 1. The van der Waals surface area contributed by atoms with E-state index in [2.05, 4.69) is 4.98 Å². The maximum absolute atomic E-state index is 11.8. The summed E-state index contributed by atoms with van der Waals surface area (Å²) in [6, 6.07) is 9.80. The third kappa shape index (κ3) is 3.12. The van der Waals surface area contributed by atoms with E-state index in [4.69, 9.17) is 16.2 Å². The minimum Gasteiger partial charge on any atom is -0.484 e. The van der Waals surface area contributed by atoms with E-state index in [0.29, 0.717) is 11.3 Å². The van der Waals surface area contributed by atoms with Crippen LogP contribution in [0.4, 0.5) is 5.82 Å². The molecule has 0 atom stereocenters. The topological polar surface area (TPSA) is 159 Å². The van der Waals surface area contributed by atoms with Gasteiger partial charge in [0.15, 0.2) is 6.61 Å². The fourth-order valence-corrected chi connectivity index (χ4v) is 2.00. The molecule has 8 nitrogen and oxygen atoms in total. The summed E-state index contributed by atoms with van der Waals surface area (Å²) in [5.41, 5.74) is 10.3. The van der Waals surface area contributed by atoms with Crippen LogP contribution in [0.5, 0.6) is 5.75 Å². The van der Waals surface area contributed by atoms with Gasteiger partial charge in [0.05, 0.1) is 0 Å². The standard InChI is InChI=1S/C15H11N5O3/c16-5-10-13(11(6-17)15(22)20-14(10)19)8-1-3-9(4-2-8)23-7-12(18)21/h1-4H,7H2,(H2,18,21)(H3,19,20,22). The number of primary amides is 1. The van der Waals surface area contributed by atoms with Gasteiger partial charge in [0, 0.05) is 5.56 Å². The number of anilines is 1. The number of pyridine rings is 1. The van der Waals surface area contributed by atoms with Crippen LogP contribution >= 0.6 is 0 Å². The van der Waals surface area contributed by atoms with Crippen LogP contribution in [-0.4, -0.2) is 17.5 Å². The van der Waals surface area contributed by atoms with Crippen molar-refractivity contribution in [1.29, 1.82) is 10.5 Å². The van der Waals surface area contributed by atoms with Crippen LogP contribution in [0.2, 0.25) is 0 Å². The fourth-order valence-electron chi connectivity index (χ4n) is 2.00. The predicted molar refractivity (Wildman–Crippen MR) is 81.0 cm³/mol. The molecular weight excluding hydrogens is 298 g/mol. The second-order valence-electron chi connectivity index (χ2n) is 4.50. The van der Waals surface area contributed by atoms with E-state index in [1.807, 2.05) is 6.07 Å². The minimum atomic E-state index is -0.673. The molecule has 0 radical (unpaired) electrons. The average Bonchev–Trinajstić information content (AvgIpc) is 2.53. The first-order valence-electron chi connectivity index (χ1n) is 6.35. The highest BCUT2D eigenvalue weighted by molar-refractivity contribution is 5.80. The number of hydrogen-bond acceptors (Lipinski definition) is 6. The third-order valence-electron chi connectivity index (χ3n) is 2.99. The van der Waals surface area contributed by atoms with Gasteiger partial charge in [-0.05, 0) is 17.7 Å². The number of rotatable bonds is 4. The molecule has 0 saturated heterocycles. The van der Waals surface area contributed by atoms with Gasteiger partial charge in [-0.25, -0.2) is 0 Å². The molecule has 1 aromatic heterocycles. The number of hydrogen-bond donors (Lipinski definition) is 3. The lowest BCUT2D eigenvalue weighted by molar-refractivity contribution is -0.119. The van der Waals surface area contributed by atoms with Crippen LogP contribution in [0.15, 0.2) is 29.1 Å². The molecule has 0 aliphatic rings. The zero-order valence-corrected chi connectivity index (χ0v) is 11.8. The largest absolute Gasteiger partial charge is 0.484 e. The van der Waals surface area contributed by atoms with Crippen LogP contribution in [0.1, 0.15) is 11.1 Å². The van der Waals surface area contributed by atoms with Crippen molar-refractivity contribution in [3.63, 3.8) is 0 Å². The number of benzene rings is 1. The Morgan fingerprint density at radius 3 is 2.30 bits per heavy atom. The summed E-state index contributed by atoms with van der Waals surface area (Å²) in [5.74, 6) is -0.349. The number of aromatic amines is 1. The van der Waals surface area contributed by atoms with Gasteiger partial charge < -0.3 is 21.2 Å². The SMILES string of the molecule is N#Cc1c(N)[nH]c(=O)c(C#N)c1-c1ccc(OCC(N)=O)cc1. The Balaban J connectivity index is 2.55. The summed E-state index contributed by atoms with van der Waals surface area (Å²) in [6.45, 7) is -0.274. The number of carbonyl (C=O) groups excluding carboxylic acids is 1. The molecule has 0 aliphatic heterocycles. The number of nitrogens with one attached hydrogen (secondary N) is 1. The number of aromatic nitrogens is 1. The van der Waals surface area contributed by atoms with E-state index >= 15 is 0 Å². The maximum atomic E-state index is 11.8. The molecule has 114 valence electrons. The Kier molecular flexibility index (Phi) is 4.29. The number of nitriles is 2. The maximum Gasteiger partial charge on any atom is 0.268 e. The molecule has 1 heterocycles. The molecule has 2 rings (SSSR count). The number of amides is 1. The van der Waals surface area contributed by atoms with Crippen LogP contribution in [0.3, 0.4) is 0 Å². The summed E-state index contributed by atoms with van der Waals surface area (Å²) in [7, 11) is 0. The third-order valence-corrected chi connectivity index (χ3v) is 2.99. The van der Waals surface area contributed by atoms with Gasteiger partial charge in [-0.3, -0.25) is 9.59 Å². The molecule has 5 N–H and O–H groups in total. The number of carbonyl (C=O) groups is 1. The monoisotopic (exact) mass is 309 g/mol. The number of nitrogen functional groups attached to an aromatic ring is 1. The highest BCUT2D eigenvalue weighted by atomic mass is 16.5. The van der Waals surface area contributed by atoms with Crippen molar-refractivity contribution in [2.45, 2.75) is 0 Å². The van der Waals surface area contributed by atoms with Crippen molar-refractivity contribution in [1.82, 2.24) is 4.98 Å². The molecule has 23 heavy (non-hydrogen) atoms. The van der Waals surface area contributed by atoms with Gasteiger partial charge >= 0.3 is 0 Å². The Hall–Kier alpha value is -3.78. The first-order chi connectivity index (χ1) is 11.0. The Labute approximate surface area is 130 Å². The number of nitrogens with zero attached hydrogens (tertiary/aromatic N) is 2. The summed E-state index contributed by atoms with van der Waals surface area (Å²) >= 11 is 0. The number of H-pyrrole nitrogens is 1. The van der Waals surface area contributed by atoms with Gasteiger partial charge in [0.2, 0.25) is 0 Å². The van der Waals surface area contributed by atoms with Gasteiger partial charge in [-0.2, -0.15) is 10.5 Å². The van der Waals surface area contributed by atoms with Crippen LogP contribution < -0.4 is 21.8 Å². The normalized spacial score (nSPS) is 9.65. The van der Waals surface area contributed by atoms with Gasteiger partial charge in [0.25, 0.3) is 11.5 Å². The van der Waals surface area contributed by atoms with Gasteiger partial charge in [-0.15, -0.1) is 0 Å². The van der Waals surface area contributed by atoms with E-state index in [-0.39, 0.29) is 29.1 Å². The van der Waals surface area contributed by atoms with Crippen LogP contribution in [0, 0.1) is 22.7 Å². The summed E-state index contributed by atoms with van der Waals surface area (Å²) in [5, 5.41) is 18.4. The van der Waals surface area contributed by atoms with Gasteiger partial charge in [-0.1, -0.05) is 12.1 Å². The molecule has 1 amide bonds. The fraction of sp³-hybridized carbons (Fsp3) is 0.0667. The first-order valence-corrected chi connectivity index (χ1v) is 6.35. The van der Waals surface area contributed by atoms with Crippen molar-refractivity contribution < 1.29 is 9.53 Å². The first kappa shape index (κ1) is 15.6. The van der Waals surface area contributed by atoms with Gasteiger partial charge in [0.1, 0.15) is 34.8 Å². The lowest BCUT2D eigenvalue weighted by Gasteiger charge is -2.10. The van der Waals surface area contributed by atoms with E-state index < -0.39 is 11.5 Å². The smallest absolute Gasteiger partial charge is 0.268 e. The van der Waals surface area contributed by atoms with Crippen LogP contribution in [-0.2, 0) is 4.79 Å². The summed E-state index contributed by atoms with van der Waals surface area (Å²) in [6.07, 6.45) is 0. The molecule has 0 fully saturated rings. The molecule has 0 spiro atoms. The van der Waals surface area contributed by atoms with E-state index in [9.17, 15) is 20.1 Å². The van der Waals surface area contributed by atoms with E-state index in [0.717, 1.165) is 0 Å². The van der Waals surface area contributed by atoms with Crippen molar-refractivity contribution in [2.24, 2.45) is 5.73 Å². The molecule has 8 heteroatoms. The molecule has 0 saturated carbocycles. The van der Waals surface area contributed by atoms with Crippen LogP contribution in [0.25, 0.3) is 11.1 Å². The molecule has 0 bridgehead atoms. The Morgan fingerprint density at radius 2 is 1.78 bits per heavy atom. The number of nitrogens with two attached hydrogens (primary N) is 2. The molecule has 0 aliphatic carbocycles. The van der Waals surface area contributed by atoms with Crippen molar-refractivity contribution >= 4 is 11.7 Å². The zero-order chi connectivity index (χ0) is 17.0. The minimum absolute atomic E-state index is 0.00644. The lowest BCUT2D eigenvalue weighted by atomic mass is 9.97. The van der Waals surface area contributed by atoms with Crippen molar-refractivity contribution in [3.05, 3.63) is 45.7 Å². The highest BCUT2D eigenvalue weighted by Crippen LogP contribution is 2.29. The Bertz CT molecular complexity index is 901. The summed E-state index contributed by atoms with van der Waals surface area (Å²) < 4.78 is 5.12. The average molecular weight is 309 g/mol. The lowest BCUT2D eigenvalue weighted by Crippen LogP contribution is -2.20. The van der Waals surface area contributed by atoms with Crippen molar-refractivity contribution in [2.75, 3.05) is 12.3 Å². The zero-order valence-electron chi connectivity index (χ0n) is 11.8. The Morgan fingerprint density at radius 1 is 1.17 bits per heavy atom. The highest BCUT2D eigenvalue weighted by Gasteiger charge is 2.18. The molecule has 2 aromatic rings. The van der Waals surface area contributed by atoms with E-state index in [1.165, 1.54) is 12.1 Å². The molecule has 0 unspecified atom stereocenters. The molecular formula is C15H11N5O3. The second kappa shape index (κ2) is 6.33. The second-order valence-corrected chi connectivity index (χ2v) is 4.50. The molecule has 1 aromatic carbocycles. The van der Waals surface area contributed by atoms with E-state index in [1.54, 1.807) is 18.2 Å². The summed E-state index contributed by atoms with van der Waals surface area (Å²) in [4.78, 5) is 24.8. The predicted octanol–water partition coefficient (Wildman–Crippen LogP) is 0.232.